The van der Waals surface area contributed by atoms with Crippen LogP contribution in [0.4, 0.5) is 0 Å². The zero-order chi connectivity index (χ0) is 7.82. The van der Waals surface area contributed by atoms with Gasteiger partial charge in [-0.1, -0.05) is 38.2 Å². The van der Waals surface area contributed by atoms with Crippen molar-refractivity contribution >= 4 is 0 Å². The molecule has 0 spiro atoms. The highest BCUT2D eigenvalue weighted by Crippen LogP contribution is 2.01. The first kappa shape index (κ1) is 9.44. The summed E-state index contributed by atoms with van der Waals surface area (Å²) in [5, 5.41) is 9.19. The molecule has 0 aromatic carbocycles. The lowest BCUT2D eigenvalue weighted by Crippen LogP contribution is -2.02. The van der Waals surface area contributed by atoms with E-state index in [0.29, 0.717) is 0 Å². The average molecular weight is 140 g/mol. The van der Waals surface area contributed by atoms with E-state index < -0.39 is 0 Å². The topological polar surface area (TPSA) is 20.2 Å². The van der Waals surface area contributed by atoms with Crippen molar-refractivity contribution < 1.29 is 5.11 Å². The molecule has 0 radical (unpaired) electrons. The maximum Gasteiger partial charge on any atom is 0.0574 e. The molecular weight excluding hydrogens is 124 g/mol. The molecule has 0 aromatic rings. The van der Waals surface area contributed by atoms with Gasteiger partial charge in [0.05, 0.1) is 6.10 Å². The van der Waals surface area contributed by atoms with Gasteiger partial charge >= 0.3 is 0 Å². The van der Waals surface area contributed by atoms with Crippen molar-refractivity contribution in [2.45, 2.75) is 32.3 Å². The molecule has 1 N–H and O–H groups in total. The molecule has 0 saturated carbocycles. The van der Waals surface area contributed by atoms with E-state index in [9.17, 15) is 5.11 Å². The van der Waals surface area contributed by atoms with Crippen LogP contribution in [0.5, 0.6) is 0 Å². The number of allylic oxidation sites excluding steroid dienone is 2. The van der Waals surface area contributed by atoms with E-state index in [4.69, 9.17) is 0 Å². The largest absolute Gasteiger partial charge is 0.393 e. The molecule has 0 amide bonds. The quantitative estimate of drug-likeness (QED) is 0.581. The first-order valence-corrected chi connectivity index (χ1v) is 3.76. The second-order valence-electron chi connectivity index (χ2n) is 2.34. The third kappa shape index (κ3) is 5.57. The van der Waals surface area contributed by atoms with Gasteiger partial charge < -0.3 is 5.11 Å². The smallest absolute Gasteiger partial charge is 0.0574 e. The monoisotopic (exact) mass is 140 g/mol. The number of aliphatic hydroxyl groups is 1. The summed E-state index contributed by atoms with van der Waals surface area (Å²) in [5.41, 5.74) is 0. The maximum absolute atomic E-state index is 9.19. The van der Waals surface area contributed by atoms with Crippen LogP contribution in [0.3, 0.4) is 0 Å². The molecule has 1 heteroatoms. The molecule has 0 fully saturated rings. The summed E-state index contributed by atoms with van der Waals surface area (Å²) in [6, 6.07) is 0. The van der Waals surface area contributed by atoms with E-state index in [-0.39, 0.29) is 6.10 Å². The van der Waals surface area contributed by atoms with Crippen molar-refractivity contribution in [2.24, 2.45) is 0 Å². The molecular formula is C9H16O. The number of rotatable bonds is 5. The summed E-state index contributed by atoms with van der Waals surface area (Å²) < 4.78 is 0. The van der Waals surface area contributed by atoms with Crippen molar-refractivity contribution in [1.29, 1.82) is 0 Å². The van der Waals surface area contributed by atoms with Crippen molar-refractivity contribution in [1.82, 2.24) is 0 Å². The highest BCUT2D eigenvalue weighted by atomic mass is 16.3. The molecule has 0 aliphatic heterocycles. The van der Waals surface area contributed by atoms with E-state index >= 15 is 0 Å². The second-order valence-corrected chi connectivity index (χ2v) is 2.34. The third-order valence-electron chi connectivity index (χ3n) is 1.30. The molecule has 0 aromatic heterocycles. The summed E-state index contributed by atoms with van der Waals surface area (Å²) in [5.74, 6) is 0. The van der Waals surface area contributed by atoms with Gasteiger partial charge in [-0.15, -0.1) is 0 Å². The molecule has 0 bridgehead atoms. The summed E-state index contributed by atoms with van der Waals surface area (Å²) in [4.78, 5) is 0. The normalized spacial score (nSPS) is 13.8. The van der Waals surface area contributed by atoms with Gasteiger partial charge in [0.1, 0.15) is 0 Å². The van der Waals surface area contributed by atoms with Gasteiger partial charge in [0.2, 0.25) is 0 Å². The Kier molecular flexibility index (Phi) is 6.19. The van der Waals surface area contributed by atoms with Crippen LogP contribution >= 0.6 is 0 Å². The predicted octanol–water partition coefficient (Wildman–Crippen LogP) is 2.28. The van der Waals surface area contributed by atoms with Crippen LogP contribution in [0, 0.1) is 0 Å². The molecule has 58 valence electrons. The van der Waals surface area contributed by atoms with Crippen LogP contribution in [0.25, 0.3) is 0 Å². The minimum Gasteiger partial charge on any atom is -0.393 e. The zero-order valence-corrected chi connectivity index (χ0v) is 6.59. The van der Waals surface area contributed by atoms with Crippen LogP contribution in [-0.2, 0) is 0 Å². The fourth-order valence-electron chi connectivity index (χ4n) is 0.783. The summed E-state index contributed by atoms with van der Waals surface area (Å²) in [7, 11) is 0. The summed E-state index contributed by atoms with van der Waals surface area (Å²) in [6.07, 6.45) is 8.04. The Hall–Kier alpha value is -0.560. The van der Waals surface area contributed by atoms with Gasteiger partial charge in [0.25, 0.3) is 0 Å². The predicted molar refractivity (Wildman–Crippen MR) is 44.9 cm³/mol. The Balaban J connectivity index is 3.28. The fraction of sp³-hybridized carbons (Fsp3) is 0.556. The third-order valence-corrected chi connectivity index (χ3v) is 1.30. The molecule has 0 rings (SSSR count). The number of aliphatic hydroxyl groups excluding tert-OH is 1. The number of hydrogen-bond acceptors (Lipinski definition) is 1. The SMILES string of the molecule is C=C/C=C/CC(O)CCC. The van der Waals surface area contributed by atoms with Crippen molar-refractivity contribution in [2.75, 3.05) is 0 Å². The highest BCUT2D eigenvalue weighted by Gasteiger charge is 1.96. The van der Waals surface area contributed by atoms with Crippen LogP contribution in [0.2, 0.25) is 0 Å². The highest BCUT2D eigenvalue weighted by molar-refractivity contribution is 4.97. The van der Waals surface area contributed by atoms with Crippen LogP contribution < -0.4 is 0 Å². The first-order valence-electron chi connectivity index (χ1n) is 3.76. The molecule has 1 nitrogen and oxygen atoms in total. The van der Waals surface area contributed by atoms with Gasteiger partial charge in [-0.2, -0.15) is 0 Å². The zero-order valence-electron chi connectivity index (χ0n) is 6.59. The average Bonchev–Trinajstić information content (AvgIpc) is 1.89. The van der Waals surface area contributed by atoms with Crippen molar-refractivity contribution in [3.05, 3.63) is 24.8 Å². The Bertz CT molecular complexity index is 105. The Morgan fingerprint density at radius 1 is 1.60 bits per heavy atom. The molecule has 0 saturated heterocycles. The molecule has 1 unspecified atom stereocenters. The van der Waals surface area contributed by atoms with Gasteiger partial charge in [0.15, 0.2) is 0 Å². The summed E-state index contributed by atoms with van der Waals surface area (Å²) in [6.45, 7) is 5.60. The Morgan fingerprint density at radius 3 is 2.80 bits per heavy atom. The minimum atomic E-state index is -0.166. The van der Waals surface area contributed by atoms with E-state index in [1.807, 2.05) is 12.2 Å². The van der Waals surface area contributed by atoms with Gasteiger partial charge in [-0.3, -0.25) is 0 Å². The minimum absolute atomic E-state index is 0.166. The molecule has 0 heterocycles. The lowest BCUT2D eigenvalue weighted by molar-refractivity contribution is 0.167. The van der Waals surface area contributed by atoms with Crippen LogP contribution in [0.1, 0.15) is 26.2 Å². The second kappa shape index (κ2) is 6.56. The maximum atomic E-state index is 9.19. The fourth-order valence-corrected chi connectivity index (χ4v) is 0.783. The molecule has 0 aliphatic carbocycles. The van der Waals surface area contributed by atoms with Crippen molar-refractivity contribution in [3.8, 4) is 0 Å². The van der Waals surface area contributed by atoms with E-state index in [0.717, 1.165) is 19.3 Å². The Morgan fingerprint density at radius 2 is 2.30 bits per heavy atom. The summed E-state index contributed by atoms with van der Waals surface area (Å²) >= 11 is 0. The van der Waals surface area contributed by atoms with E-state index in [2.05, 4.69) is 13.5 Å². The Labute approximate surface area is 63.1 Å². The van der Waals surface area contributed by atoms with Crippen molar-refractivity contribution in [3.63, 3.8) is 0 Å². The molecule has 1 atom stereocenters. The van der Waals surface area contributed by atoms with Gasteiger partial charge in [-0.25, -0.2) is 0 Å². The van der Waals surface area contributed by atoms with E-state index in [1.165, 1.54) is 0 Å². The number of hydrogen-bond donors (Lipinski definition) is 1. The van der Waals surface area contributed by atoms with Gasteiger partial charge in [0, 0.05) is 0 Å². The lowest BCUT2D eigenvalue weighted by Gasteiger charge is -2.03. The molecule has 10 heavy (non-hydrogen) atoms. The van der Waals surface area contributed by atoms with Crippen LogP contribution in [-0.4, -0.2) is 11.2 Å². The molecule has 0 aliphatic rings. The standard InChI is InChI=1S/C9H16O/c1-3-5-6-8-9(10)7-4-2/h3,5-6,9-10H,1,4,7-8H2,2H3/b6-5+. The lowest BCUT2D eigenvalue weighted by atomic mass is 10.1. The van der Waals surface area contributed by atoms with Crippen LogP contribution in [0.15, 0.2) is 24.8 Å². The van der Waals surface area contributed by atoms with Gasteiger partial charge in [-0.05, 0) is 12.8 Å². The first-order chi connectivity index (χ1) is 4.81. The van der Waals surface area contributed by atoms with E-state index in [1.54, 1.807) is 6.08 Å².